The SMILES string of the molecule is CC(C)NCc1cccc(Oc2cccc(CO)c2)c1. The smallest absolute Gasteiger partial charge is 0.127 e. The fraction of sp³-hybridized carbons (Fsp3) is 0.294. The van der Waals surface area contributed by atoms with Crippen LogP contribution in [0.4, 0.5) is 0 Å². The van der Waals surface area contributed by atoms with E-state index in [1.165, 1.54) is 5.56 Å². The molecule has 0 aliphatic rings. The summed E-state index contributed by atoms with van der Waals surface area (Å²) in [6, 6.07) is 16.0. The van der Waals surface area contributed by atoms with Gasteiger partial charge in [-0.2, -0.15) is 0 Å². The molecule has 0 bridgehead atoms. The fourth-order valence-electron chi connectivity index (χ4n) is 1.88. The summed E-state index contributed by atoms with van der Waals surface area (Å²) in [6.07, 6.45) is 0. The van der Waals surface area contributed by atoms with Gasteiger partial charge in [0, 0.05) is 12.6 Å². The predicted octanol–water partition coefficient (Wildman–Crippen LogP) is 3.47. The van der Waals surface area contributed by atoms with E-state index >= 15 is 0 Å². The summed E-state index contributed by atoms with van der Waals surface area (Å²) in [6.45, 7) is 5.10. The van der Waals surface area contributed by atoms with Gasteiger partial charge in [-0.3, -0.25) is 0 Å². The third-order valence-corrected chi connectivity index (χ3v) is 2.93. The van der Waals surface area contributed by atoms with E-state index in [2.05, 4.69) is 25.2 Å². The van der Waals surface area contributed by atoms with Crippen molar-refractivity contribution in [2.75, 3.05) is 0 Å². The zero-order valence-electron chi connectivity index (χ0n) is 12.0. The van der Waals surface area contributed by atoms with Gasteiger partial charge >= 0.3 is 0 Å². The molecule has 0 spiro atoms. The van der Waals surface area contributed by atoms with Crippen LogP contribution in [0.3, 0.4) is 0 Å². The lowest BCUT2D eigenvalue weighted by molar-refractivity contribution is 0.281. The van der Waals surface area contributed by atoms with Crippen molar-refractivity contribution < 1.29 is 9.84 Å². The van der Waals surface area contributed by atoms with Crippen LogP contribution < -0.4 is 10.1 Å². The zero-order chi connectivity index (χ0) is 14.4. The first-order valence-corrected chi connectivity index (χ1v) is 6.87. The van der Waals surface area contributed by atoms with Crippen molar-refractivity contribution in [1.29, 1.82) is 0 Å². The lowest BCUT2D eigenvalue weighted by atomic mass is 10.2. The van der Waals surface area contributed by atoms with Crippen LogP contribution in [0.2, 0.25) is 0 Å². The van der Waals surface area contributed by atoms with Crippen molar-refractivity contribution in [1.82, 2.24) is 5.32 Å². The van der Waals surface area contributed by atoms with Crippen LogP contribution in [0, 0.1) is 0 Å². The van der Waals surface area contributed by atoms with Crippen LogP contribution in [0.25, 0.3) is 0 Å². The normalized spacial score (nSPS) is 10.8. The molecule has 0 aliphatic heterocycles. The Morgan fingerprint density at radius 1 is 1.00 bits per heavy atom. The van der Waals surface area contributed by atoms with Gasteiger partial charge in [0.05, 0.1) is 6.61 Å². The minimum atomic E-state index is 0.0234. The third kappa shape index (κ3) is 4.37. The van der Waals surface area contributed by atoms with E-state index in [0.29, 0.717) is 6.04 Å². The highest BCUT2D eigenvalue weighted by Gasteiger charge is 2.01. The van der Waals surface area contributed by atoms with E-state index in [9.17, 15) is 0 Å². The Labute approximate surface area is 120 Å². The minimum Gasteiger partial charge on any atom is -0.457 e. The molecule has 2 N–H and O–H groups in total. The van der Waals surface area contributed by atoms with E-state index in [1.54, 1.807) is 0 Å². The predicted molar refractivity (Wildman–Crippen MR) is 80.9 cm³/mol. The third-order valence-electron chi connectivity index (χ3n) is 2.93. The molecule has 0 aromatic heterocycles. The van der Waals surface area contributed by atoms with Crippen molar-refractivity contribution in [3.63, 3.8) is 0 Å². The summed E-state index contributed by atoms with van der Waals surface area (Å²) in [5.74, 6) is 1.55. The average molecular weight is 271 g/mol. The Bertz CT molecular complexity index is 552. The van der Waals surface area contributed by atoms with E-state index in [1.807, 2.05) is 42.5 Å². The van der Waals surface area contributed by atoms with Gasteiger partial charge in [-0.15, -0.1) is 0 Å². The monoisotopic (exact) mass is 271 g/mol. The second-order valence-electron chi connectivity index (χ2n) is 5.09. The van der Waals surface area contributed by atoms with E-state index in [4.69, 9.17) is 9.84 Å². The molecule has 0 fully saturated rings. The molecular weight excluding hydrogens is 250 g/mol. The average Bonchev–Trinajstić information content (AvgIpc) is 2.46. The summed E-state index contributed by atoms with van der Waals surface area (Å²) in [5, 5.41) is 12.5. The molecule has 0 unspecified atom stereocenters. The van der Waals surface area contributed by atoms with Crippen molar-refractivity contribution >= 4 is 0 Å². The number of nitrogens with one attached hydrogen (secondary N) is 1. The fourth-order valence-corrected chi connectivity index (χ4v) is 1.88. The van der Waals surface area contributed by atoms with Gasteiger partial charge in [-0.05, 0) is 35.4 Å². The Hall–Kier alpha value is -1.84. The maximum Gasteiger partial charge on any atom is 0.127 e. The van der Waals surface area contributed by atoms with Crippen LogP contribution in [0.1, 0.15) is 25.0 Å². The Morgan fingerprint density at radius 2 is 1.60 bits per heavy atom. The summed E-state index contributed by atoms with van der Waals surface area (Å²) >= 11 is 0. The number of rotatable bonds is 6. The van der Waals surface area contributed by atoms with E-state index < -0.39 is 0 Å². The van der Waals surface area contributed by atoms with Crippen LogP contribution in [0.5, 0.6) is 11.5 Å². The first-order valence-electron chi connectivity index (χ1n) is 6.87. The number of aliphatic hydroxyl groups is 1. The molecule has 0 saturated heterocycles. The molecule has 2 rings (SSSR count). The summed E-state index contributed by atoms with van der Waals surface area (Å²) in [4.78, 5) is 0. The molecule has 3 nitrogen and oxygen atoms in total. The first kappa shape index (κ1) is 14.6. The molecule has 2 aromatic carbocycles. The quantitative estimate of drug-likeness (QED) is 0.845. The summed E-state index contributed by atoms with van der Waals surface area (Å²) in [7, 11) is 0. The largest absolute Gasteiger partial charge is 0.457 e. The van der Waals surface area contributed by atoms with Crippen molar-refractivity contribution in [3.8, 4) is 11.5 Å². The second-order valence-corrected chi connectivity index (χ2v) is 5.09. The van der Waals surface area contributed by atoms with Crippen LogP contribution >= 0.6 is 0 Å². The molecule has 106 valence electrons. The van der Waals surface area contributed by atoms with Crippen molar-refractivity contribution in [2.45, 2.75) is 33.0 Å². The lowest BCUT2D eigenvalue weighted by Crippen LogP contribution is -2.21. The lowest BCUT2D eigenvalue weighted by Gasteiger charge is -2.11. The van der Waals surface area contributed by atoms with E-state index in [-0.39, 0.29) is 6.61 Å². The number of ether oxygens (including phenoxy) is 1. The van der Waals surface area contributed by atoms with Crippen LogP contribution in [-0.2, 0) is 13.2 Å². The Kier molecular flexibility index (Phi) is 5.16. The van der Waals surface area contributed by atoms with Crippen LogP contribution in [-0.4, -0.2) is 11.1 Å². The summed E-state index contributed by atoms with van der Waals surface area (Å²) in [5.41, 5.74) is 2.04. The van der Waals surface area contributed by atoms with Gasteiger partial charge in [0.25, 0.3) is 0 Å². The first-order chi connectivity index (χ1) is 9.67. The highest BCUT2D eigenvalue weighted by Crippen LogP contribution is 2.23. The molecule has 0 aliphatic carbocycles. The molecule has 0 radical (unpaired) electrons. The van der Waals surface area contributed by atoms with Gasteiger partial charge < -0.3 is 15.2 Å². The molecule has 0 atom stereocenters. The van der Waals surface area contributed by atoms with Gasteiger partial charge in [0.2, 0.25) is 0 Å². The number of hydrogen-bond donors (Lipinski definition) is 2. The second kappa shape index (κ2) is 7.08. The number of benzene rings is 2. The molecule has 0 amide bonds. The van der Waals surface area contributed by atoms with Crippen LogP contribution in [0.15, 0.2) is 48.5 Å². The van der Waals surface area contributed by atoms with Gasteiger partial charge in [-0.25, -0.2) is 0 Å². The van der Waals surface area contributed by atoms with Gasteiger partial charge in [0.15, 0.2) is 0 Å². The molecule has 20 heavy (non-hydrogen) atoms. The van der Waals surface area contributed by atoms with Crippen molar-refractivity contribution in [3.05, 3.63) is 59.7 Å². The summed E-state index contributed by atoms with van der Waals surface area (Å²) < 4.78 is 5.83. The zero-order valence-corrected chi connectivity index (χ0v) is 12.0. The maximum atomic E-state index is 9.13. The highest BCUT2D eigenvalue weighted by molar-refractivity contribution is 5.35. The molecule has 3 heteroatoms. The number of hydrogen-bond acceptors (Lipinski definition) is 3. The molecular formula is C17H21NO2. The van der Waals surface area contributed by atoms with Gasteiger partial charge in [0.1, 0.15) is 11.5 Å². The number of aliphatic hydroxyl groups excluding tert-OH is 1. The molecule has 2 aromatic rings. The Morgan fingerprint density at radius 3 is 2.20 bits per heavy atom. The molecule has 0 saturated carbocycles. The highest BCUT2D eigenvalue weighted by atomic mass is 16.5. The standard InChI is InChI=1S/C17H21NO2/c1-13(2)18-11-14-5-3-7-16(9-14)20-17-8-4-6-15(10-17)12-19/h3-10,13,18-19H,11-12H2,1-2H3. The maximum absolute atomic E-state index is 9.13. The van der Waals surface area contributed by atoms with E-state index in [0.717, 1.165) is 23.6 Å². The molecule has 0 heterocycles. The topological polar surface area (TPSA) is 41.5 Å². The van der Waals surface area contributed by atoms with Crippen molar-refractivity contribution in [2.24, 2.45) is 0 Å². The van der Waals surface area contributed by atoms with Gasteiger partial charge in [-0.1, -0.05) is 38.1 Å². The Balaban J connectivity index is 2.06. The minimum absolute atomic E-state index is 0.0234.